The molecule has 0 aromatic carbocycles. The third-order valence-electron chi connectivity index (χ3n) is 2.11. The number of hydrogen-bond donors (Lipinski definition) is 2. The van der Waals surface area contributed by atoms with E-state index in [1.165, 1.54) is 12.0 Å². The Morgan fingerprint density at radius 2 is 2.36 bits per heavy atom. The smallest absolute Gasteiger partial charge is 0.409 e. The lowest BCUT2D eigenvalue weighted by molar-refractivity contribution is -0.137. The fraction of sp³-hybridized carbons (Fsp3) is 0.750. The summed E-state index contributed by atoms with van der Waals surface area (Å²) in [4.78, 5) is 23.1. The van der Waals surface area contributed by atoms with Gasteiger partial charge in [-0.3, -0.25) is 4.79 Å². The number of aliphatic carboxylic acids is 1. The minimum absolute atomic E-state index is 0.0213. The Hall–Kier alpha value is -1.30. The molecule has 6 nitrogen and oxygen atoms in total. The van der Waals surface area contributed by atoms with Gasteiger partial charge in [0.1, 0.15) is 0 Å². The van der Waals surface area contributed by atoms with Gasteiger partial charge in [0.05, 0.1) is 13.5 Å². The summed E-state index contributed by atoms with van der Waals surface area (Å²) in [5.41, 5.74) is 0. The van der Waals surface area contributed by atoms with Crippen molar-refractivity contribution >= 4 is 12.1 Å². The molecule has 1 unspecified atom stereocenters. The number of carbonyl (C=O) groups excluding carboxylic acids is 1. The zero-order valence-electron chi connectivity index (χ0n) is 8.02. The number of piperazine rings is 1. The Kier molecular flexibility index (Phi) is 3.70. The quantitative estimate of drug-likeness (QED) is 0.631. The molecule has 0 spiro atoms. The number of carboxylic acids is 1. The Morgan fingerprint density at radius 3 is 2.93 bits per heavy atom. The van der Waals surface area contributed by atoms with Crippen LogP contribution >= 0.6 is 0 Å². The van der Waals surface area contributed by atoms with Crippen LogP contribution in [0, 0.1) is 0 Å². The van der Waals surface area contributed by atoms with E-state index in [-0.39, 0.29) is 12.5 Å². The van der Waals surface area contributed by atoms with Crippen molar-refractivity contribution in [2.75, 3.05) is 26.7 Å². The average molecular weight is 202 g/mol. The highest BCUT2D eigenvalue weighted by molar-refractivity contribution is 5.69. The first-order valence-electron chi connectivity index (χ1n) is 4.41. The zero-order valence-corrected chi connectivity index (χ0v) is 8.02. The van der Waals surface area contributed by atoms with Crippen molar-refractivity contribution in [3.05, 3.63) is 0 Å². The van der Waals surface area contributed by atoms with Gasteiger partial charge in [-0.1, -0.05) is 0 Å². The molecule has 0 saturated carbocycles. The molecule has 0 aromatic heterocycles. The van der Waals surface area contributed by atoms with Gasteiger partial charge >= 0.3 is 12.1 Å². The number of methoxy groups -OCH3 is 1. The van der Waals surface area contributed by atoms with Crippen LogP contribution in [0.15, 0.2) is 0 Å². The van der Waals surface area contributed by atoms with Crippen LogP contribution in [0.4, 0.5) is 4.79 Å². The molecule has 6 heteroatoms. The molecular formula is C8H14N2O4. The maximum Gasteiger partial charge on any atom is 0.409 e. The van der Waals surface area contributed by atoms with Gasteiger partial charge in [0.25, 0.3) is 0 Å². The third kappa shape index (κ3) is 2.88. The van der Waals surface area contributed by atoms with E-state index in [0.29, 0.717) is 19.6 Å². The molecule has 14 heavy (non-hydrogen) atoms. The molecule has 1 saturated heterocycles. The number of nitrogens with zero attached hydrogens (tertiary/aromatic N) is 1. The molecule has 1 atom stereocenters. The van der Waals surface area contributed by atoms with Crippen LogP contribution < -0.4 is 5.32 Å². The van der Waals surface area contributed by atoms with Crippen molar-refractivity contribution in [3.8, 4) is 0 Å². The second-order valence-electron chi connectivity index (χ2n) is 3.16. The first-order valence-corrected chi connectivity index (χ1v) is 4.41. The summed E-state index contributed by atoms with van der Waals surface area (Å²) < 4.78 is 4.55. The normalized spacial score (nSPS) is 21.8. The molecule has 1 amide bonds. The van der Waals surface area contributed by atoms with Crippen LogP contribution in [0.2, 0.25) is 0 Å². The standard InChI is InChI=1S/C8H14N2O4/c1-14-8(13)10-3-2-9-6(5-10)4-7(11)12/h6,9H,2-5H2,1H3,(H,11,12). The molecule has 1 aliphatic rings. The van der Waals surface area contributed by atoms with Crippen molar-refractivity contribution in [2.24, 2.45) is 0 Å². The maximum atomic E-state index is 11.1. The molecule has 1 heterocycles. The molecule has 1 rings (SSSR count). The summed E-state index contributed by atoms with van der Waals surface area (Å²) in [5.74, 6) is -0.866. The fourth-order valence-electron chi connectivity index (χ4n) is 1.47. The maximum absolute atomic E-state index is 11.1. The lowest BCUT2D eigenvalue weighted by atomic mass is 10.1. The summed E-state index contributed by atoms with van der Waals surface area (Å²) in [6, 6.07) is -0.180. The van der Waals surface area contributed by atoms with E-state index in [1.54, 1.807) is 0 Å². The fourth-order valence-corrected chi connectivity index (χ4v) is 1.47. The Labute approximate surface area is 81.8 Å². The summed E-state index contributed by atoms with van der Waals surface area (Å²) in [7, 11) is 1.32. The molecule has 1 aliphatic heterocycles. The monoisotopic (exact) mass is 202 g/mol. The largest absolute Gasteiger partial charge is 0.481 e. The number of carbonyl (C=O) groups is 2. The van der Waals surface area contributed by atoms with Crippen molar-refractivity contribution < 1.29 is 19.4 Å². The highest BCUT2D eigenvalue weighted by Gasteiger charge is 2.24. The zero-order chi connectivity index (χ0) is 10.6. The van der Waals surface area contributed by atoms with Gasteiger partial charge in [-0.05, 0) is 0 Å². The van der Waals surface area contributed by atoms with E-state index >= 15 is 0 Å². The van der Waals surface area contributed by atoms with Gasteiger partial charge in [0.2, 0.25) is 0 Å². The van der Waals surface area contributed by atoms with E-state index in [1.807, 2.05) is 0 Å². The first-order chi connectivity index (χ1) is 6.63. The second-order valence-corrected chi connectivity index (χ2v) is 3.16. The van der Waals surface area contributed by atoms with E-state index in [9.17, 15) is 9.59 Å². The van der Waals surface area contributed by atoms with Crippen LogP contribution in [-0.2, 0) is 9.53 Å². The molecule has 0 bridgehead atoms. The predicted molar refractivity (Wildman–Crippen MR) is 48.0 cm³/mol. The summed E-state index contributed by atoms with van der Waals surface area (Å²) in [6.07, 6.45) is -0.380. The Morgan fingerprint density at radius 1 is 1.64 bits per heavy atom. The number of amides is 1. The SMILES string of the molecule is COC(=O)N1CCNC(CC(=O)O)C1. The van der Waals surface area contributed by atoms with Gasteiger partial charge in [-0.15, -0.1) is 0 Å². The number of carboxylic acid groups (broad SMARTS) is 1. The van der Waals surface area contributed by atoms with Crippen LogP contribution in [0.5, 0.6) is 0 Å². The highest BCUT2D eigenvalue weighted by atomic mass is 16.5. The third-order valence-corrected chi connectivity index (χ3v) is 2.11. The molecule has 2 N–H and O–H groups in total. The number of rotatable bonds is 2. The molecule has 1 fully saturated rings. The van der Waals surface area contributed by atoms with E-state index in [4.69, 9.17) is 5.11 Å². The second kappa shape index (κ2) is 4.80. The van der Waals surface area contributed by atoms with Crippen molar-refractivity contribution in [2.45, 2.75) is 12.5 Å². The van der Waals surface area contributed by atoms with Crippen LogP contribution in [0.25, 0.3) is 0 Å². The van der Waals surface area contributed by atoms with E-state index in [0.717, 1.165) is 0 Å². The van der Waals surface area contributed by atoms with E-state index < -0.39 is 12.1 Å². The minimum atomic E-state index is -0.866. The minimum Gasteiger partial charge on any atom is -0.481 e. The van der Waals surface area contributed by atoms with Crippen molar-refractivity contribution in [3.63, 3.8) is 0 Å². The van der Waals surface area contributed by atoms with Crippen LogP contribution in [0.3, 0.4) is 0 Å². The lowest BCUT2D eigenvalue weighted by Gasteiger charge is -2.31. The molecule has 0 radical (unpaired) electrons. The Balaban J connectivity index is 2.43. The lowest BCUT2D eigenvalue weighted by Crippen LogP contribution is -2.53. The Bertz CT molecular complexity index is 231. The van der Waals surface area contributed by atoms with Crippen molar-refractivity contribution in [1.82, 2.24) is 10.2 Å². The molecule has 0 aromatic rings. The van der Waals surface area contributed by atoms with E-state index in [2.05, 4.69) is 10.1 Å². The average Bonchev–Trinajstić information content (AvgIpc) is 2.16. The number of ether oxygens (including phenoxy) is 1. The van der Waals surface area contributed by atoms with Crippen molar-refractivity contribution in [1.29, 1.82) is 0 Å². The summed E-state index contributed by atoms with van der Waals surface area (Å²) >= 11 is 0. The molecule has 80 valence electrons. The molecule has 0 aliphatic carbocycles. The summed E-state index contributed by atoms with van der Waals surface area (Å²) in [5, 5.41) is 11.6. The van der Waals surface area contributed by atoms with Crippen LogP contribution in [-0.4, -0.2) is 54.9 Å². The number of nitrogens with one attached hydrogen (secondary N) is 1. The topological polar surface area (TPSA) is 78.9 Å². The first kappa shape index (κ1) is 10.8. The van der Waals surface area contributed by atoms with Gasteiger partial charge in [-0.2, -0.15) is 0 Å². The molecular weight excluding hydrogens is 188 g/mol. The van der Waals surface area contributed by atoms with Gasteiger partial charge < -0.3 is 20.1 Å². The van der Waals surface area contributed by atoms with Gasteiger partial charge in [0.15, 0.2) is 0 Å². The predicted octanol–water partition coefficient (Wildman–Crippen LogP) is -0.499. The van der Waals surface area contributed by atoms with Gasteiger partial charge in [-0.25, -0.2) is 4.79 Å². The van der Waals surface area contributed by atoms with Gasteiger partial charge in [0, 0.05) is 25.7 Å². The number of hydrogen-bond acceptors (Lipinski definition) is 4. The highest BCUT2D eigenvalue weighted by Crippen LogP contribution is 2.04. The van der Waals surface area contributed by atoms with Crippen LogP contribution in [0.1, 0.15) is 6.42 Å². The summed E-state index contributed by atoms with van der Waals surface area (Å²) in [6.45, 7) is 1.55.